The number of amides is 1. The standard InChI is InChI=1S/C11H24N2OS/c1-5-15-10(8(2)3)11(14)13-7-6-9(4)12/h8-10H,5-7,12H2,1-4H3,(H,13,14). The summed E-state index contributed by atoms with van der Waals surface area (Å²) in [4.78, 5) is 11.8. The second-order valence-electron chi connectivity index (χ2n) is 4.18. The quantitative estimate of drug-likeness (QED) is 0.701. The van der Waals surface area contributed by atoms with Crippen molar-refractivity contribution in [3.8, 4) is 0 Å². The normalized spacial score (nSPS) is 15.1. The van der Waals surface area contributed by atoms with E-state index in [2.05, 4.69) is 26.1 Å². The number of nitrogens with one attached hydrogen (secondary N) is 1. The molecule has 90 valence electrons. The summed E-state index contributed by atoms with van der Waals surface area (Å²) in [5.74, 6) is 1.51. The Balaban J connectivity index is 3.92. The van der Waals surface area contributed by atoms with E-state index < -0.39 is 0 Å². The van der Waals surface area contributed by atoms with Crippen LogP contribution in [0.2, 0.25) is 0 Å². The Bertz CT molecular complexity index is 183. The molecule has 3 nitrogen and oxygen atoms in total. The zero-order valence-corrected chi connectivity index (χ0v) is 11.1. The molecule has 4 heteroatoms. The molecule has 0 radical (unpaired) electrons. The minimum Gasteiger partial charge on any atom is -0.355 e. The van der Waals surface area contributed by atoms with Gasteiger partial charge in [0.2, 0.25) is 5.91 Å². The average Bonchev–Trinajstić information content (AvgIpc) is 2.12. The van der Waals surface area contributed by atoms with E-state index in [0.29, 0.717) is 12.5 Å². The minimum atomic E-state index is 0.0723. The Hall–Kier alpha value is -0.220. The Labute approximate surface area is 97.6 Å². The van der Waals surface area contributed by atoms with Gasteiger partial charge in [-0.2, -0.15) is 0 Å². The van der Waals surface area contributed by atoms with Gasteiger partial charge in [-0.15, -0.1) is 11.8 Å². The fourth-order valence-electron chi connectivity index (χ4n) is 1.27. The van der Waals surface area contributed by atoms with Crippen LogP contribution in [0.3, 0.4) is 0 Å². The molecule has 0 aliphatic rings. The zero-order valence-electron chi connectivity index (χ0n) is 10.2. The lowest BCUT2D eigenvalue weighted by Gasteiger charge is -2.19. The number of rotatable bonds is 7. The van der Waals surface area contributed by atoms with Gasteiger partial charge < -0.3 is 11.1 Å². The fraction of sp³-hybridized carbons (Fsp3) is 0.909. The van der Waals surface area contributed by atoms with Gasteiger partial charge in [-0.05, 0) is 25.0 Å². The summed E-state index contributed by atoms with van der Waals surface area (Å²) in [5, 5.41) is 3.01. The van der Waals surface area contributed by atoms with Crippen molar-refractivity contribution in [2.24, 2.45) is 11.7 Å². The summed E-state index contributed by atoms with van der Waals surface area (Å²) in [7, 11) is 0. The Morgan fingerprint density at radius 1 is 1.40 bits per heavy atom. The molecule has 0 saturated carbocycles. The van der Waals surface area contributed by atoms with E-state index in [1.165, 1.54) is 0 Å². The van der Waals surface area contributed by atoms with Crippen LogP contribution in [0.15, 0.2) is 0 Å². The molecular formula is C11H24N2OS. The zero-order chi connectivity index (χ0) is 11.8. The van der Waals surface area contributed by atoms with E-state index in [0.717, 1.165) is 12.2 Å². The molecule has 2 atom stereocenters. The van der Waals surface area contributed by atoms with Crippen molar-refractivity contribution < 1.29 is 4.79 Å². The van der Waals surface area contributed by atoms with Gasteiger partial charge in [0.1, 0.15) is 0 Å². The van der Waals surface area contributed by atoms with Crippen LogP contribution in [-0.4, -0.2) is 29.5 Å². The van der Waals surface area contributed by atoms with Gasteiger partial charge >= 0.3 is 0 Å². The summed E-state index contributed by atoms with van der Waals surface area (Å²) < 4.78 is 0. The Kier molecular flexibility index (Phi) is 7.88. The number of carbonyl (C=O) groups excluding carboxylic acids is 1. The van der Waals surface area contributed by atoms with Crippen molar-refractivity contribution in [3.05, 3.63) is 0 Å². The maximum atomic E-state index is 11.8. The van der Waals surface area contributed by atoms with Gasteiger partial charge in [0.25, 0.3) is 0 Å². The van der Waals surface area contributed by atoms with E-state index in [1.54, 1.807) is 11.8 Å². The highest BCUT2D eigenvalue weighted by Crippen LogP contribution is 2.19. The molecule has 0 aromatic carbocycles. The van der Waals surface area contributed by atoms with E-state index in [-0.39, 0.29) is 17.2 Å². The highest BCUT2D eigenvalue weighted by molar-refractivity contribution is 8.00. The maximum Gasteiger partial charge on any atom is 0.233 e. The highest BCUT2D eigenvalue weighted by Gasteiger charge is 2.21. The number of thioether (sulfide) groups is 1. The Morgan fingerprint density at radius 3 is 2.40 bits per heavy atom. The molecule has 0 spiro atoms. The number of hydrogen-bond donors (Lipinski definition) is 2. The van der Waals surface area contributed by atoms with Crippen molar-refractivity contribution in [3.63, 3.8) is 0 Å². The van der Waals surface area contributed by atoms with E-state index in [9.17, 15) is 4.79 Å². The molecule has 0 heterocycles. The maximum absolute atomic E-state index is 11.8. The summed E-state index contributed by atoms with van der Waals surface area (Å²) in [5.41, 5.74) is 5.62. The number of nitrogens with two attached hydrogens (primary N) is 1. The van der Waals surface area contributed by atoms with Crippen LogP contribution in [0.1, 0.15) is 34.1 Å². The van der Waals surface area contributed by atoms with Crippen LogP contribution in [0.5, 0.6) is 0 Å². The van der Waals surface area contributed by atoms with Gasteiger partial charge in [0, 0.05) is 12.6 Å². The molecule has 2 unspecified atom stereocenters. The van der Waals surface area contributed by atoms with Crippen LogP contribution >= 0.6 is 11.8 Å². The smallest absolute Gasteiger partial charge is 0.233 e. The minimum absolute atomic E-state index is 0.0723. The van der Waals surface area contributed by atoms with Crippen molar-refractivity contribution >= 4 is 17.7 Å². The SMILES string of the molecule is CCSC(C(=O)NCCC(C)N)C(C)C. The molecule has 0 bridgehead atoms. The molecule has 3 N–H and O–H groups in total. The van der Waals surface area contributed by atoms with Crippen molar-refractivity contribution in [1.82, 2.24) is 5.32 Å². The van der Waals surface area contributed by atoms with Gasteiger partial charge in [0.05, 0.1) is 5.25 Å². The molecule has 0 fully saturated rings. The van der Waals surface area contributed by atoms with Crippen molar-refractivity contribution in [1.29, 1.82) is 0 Å². The van der Waals surface area contributed by atoms with E-state index in [1.807, 2.05) is 6.92 Å². The molecular weight excluding hydrogens is 208 g/mol. The third-order valence-electron chi connectivity index (χ3n) is 2.11. The molecule has 1 amide bonds. The number of hydrogen-bond acceptors (Lipinski definition) is 3. The third kappa shape index (κ3) is 6.79. The second-order valence-corrected chi connectivity index (χ2v) is 5.60. The third-order valence-corrected chi connectivity index (χ3v) is 3.56. The van der Waals surface area contributed by atoms with Crippen LogP contribution in [-0.2, 0) is 4.79 Å². The Morgan fingerprint density at radius 2 is 2.00 bits per heavy atom. The van der Waals surface area contributed by atoms with E-state index >= 15 is 0 Å². The topological polar surface area (TPSA) is 55.1 Å². The van der Waals surface area contributed by atoms with Crippen LogP contribution in [0.25, 0.3) is 0 Å². The molecule has 0 aromatic heterocycles. The molecule has 15 heavy (non-hydrogen) atoms. The molecule has 0 saturated heterocycles. The first-order valence-electron chi connectivity index (χ1n) is 5.63. The van der Waals surface area contributed by atoms with Crippen LogP contribution in [0, 0.1) is 5.92 Å². The first-order chi connectivity index (χ1) is 6.99. The monoisotopic (exact) mass is 232 g/mol. The second kappa shape index (κ2) is 7.99. The van der Waals surface area contributed by atoms with Crippen LogP contribution < -0.4 is 11.1 Å². The predicted molar refractivity (Wildman–Crippen MR) is 68.0 cm³/mol. The average molecular weight is 232 g/mol. The van der Waals surface area contributed by atoms with Crippen LogP contribution in [0.4, 0.5) is 0 Å². The summed E-state index contributed by atoms with van der Waals surface area (Å²) in [6.45, 7) is 8.88. The first-order valence-corrected chi connectivity index (χ1v) is 6.68. The van der Waals surface area contributed by atoms with Crippen molar-refractivity contribution in [2.75, 3.05) is 12.3 Å². The largest absolute Gasteiger partial charge is 0.355 e. The fourth-order valence-corrected chi connectivity index (χ4v) is 2.25. The van der Waals surface area contributed by atoms with Gasteiger partial charge in [0.15, 0.2) is 0 Å². The van der Waals surface area contributed by atoms with Gasteiger partial charge in [-0.3, -0.25) is 4.79 Å². The van der Waals surface area contributed by atoms with Crippen molar-refractivity contribution in [2.45, 2.75) is 45.4 Å². The summed E-state index contributed by atoms with van der Waals surface area (Å²) in [6, 6.07) is 0.154. The lowest BCUT2D eigenvalue weighted by molar-refractivity contribution is -0.121. The van der Waals surface area contributed by atoms with Gasteiger partial charge in [-0.25, -0.2) is 0 Å². The van der Waals surface area contributed by atoms with Gasteiger partial charge in [-0.1, -0.05) is 20.8 Å². The summed E-state index contributed by atoms with van der Waals surface area (Å²) >= 11 is 1.71. The first kappa shape index (κ1) is 14.8. The molecule has 0 aromatic rings. The highest BCUT2D eigenvalue weighted by atomic mass is 32.2. The molecule has 0 aliphatic carbocycles. The lowest BCUT2D eigenvalue weighted by Crippen LogP contribution is -2.37. The van der Waals surface area contributed by atoms with E-state index in [4.69, 9.17) is 5.73 Å². The lowest BCUT2D eigenvalue weighted by atomic mass is 10.1. The molecule has 0 aliphatic heterocycles. The molecule has 0 rings (SSSR count). The number of carbonyl (C=O) groups is 1. The summed E-state index contributed by atoms with van der Waals surface area (Å²) in [6.07, 6.45) is 0.841. The predicted octanol–water partition coefficient (Wildman–Crippen LogP) is 1.62.